The molecule has 0 saturated carbocycles. The van der Waals surface area contributed by atoms with Crippen LogP contribution in [-0.2, 0) is 6.54 Å². The molecule has 0 aromatic carbocycles. The SMILES string of the molecule is C=C1NCCN1Cc1ccc(Cl)nc1. The first-order valence-corrected chi connectivity index (χ1v) is 4.91. The first kappa shape index (κ1) is 9.34. The Bertz CT molecular complexity index is 334. The summed E-state index contributed by atoms with van der Waals surface area (Å²) in [5, 5.41) is 3.72. The fraction of sp³-hybridized carbons (Fsp3) is 0.300. The minimum Gasteiger partial charge on any atom is -0.370 e. The molecule has 0 unspecified atom stereocenters. The number of rotatable bonds is 2. The summed E-state index contributed by atoms with van der Waals surface area (Å²) >= 11 is 5.70. The molecule has 1 saturated heterocycles. The summed E-state index contributed by atoms with van der Waals surface area (Å²) in [7, 11) is 0. The zero-order chi connectivity index (χ0) is 9.97. The van der Waals surface area contributed by atoms with Crippen molar-refractivity contribution in [2.45, 2.75) is 6.54 Å². The van der Waals surface area contributed by atoms with E-state index in [-0.39, 0.29) is 0 Å². The van der Waals surface area contributed by atoms with Gasteiger partial charge in [-0.2, -0.15) is 0 Å². The van der Waals surface area contributed by atoms with E-state index in [2.05, 4.69) is 21.8 Å². The number of hydrogen-bond acceptors (Lipinski definition) is 3. The molecule has 0 atom stereocenters. The predicted octanol–water partition coefficient (Wildman–Crippen LogP) is 1.61. The van der Waals surface area contributed by atoms with Gasteiger partial charge in [0.1, 0.15) is 5.15 Å². The van der Waals surface area contributed by atoms with Crippen molar-refractivity contribution in [1.82, 2.24) is 15.2 Å². The Labute approximate surface area is 88.4 Å². The molecule has 1 aliphatic rings. The molecule has 0 amide bonds. The van der Waals surface area contributed by atoms with Crippen LogP contribution in [0.5, 0.6) is 0 Å². The van der Waals surface area contributed by atoms with E-state index in [9.17, 15) is 0 Å². The highest BCUT2D eigenvalue weighted by Crippen LogP contribution is 2.12. The molecule has 2 rings (SSSR count). The average molecular weight is 210 g/mol. The van der Waals surface area contributed by atoms with Crippen LogP contribution in [0, 0.1) is 0 Å². The molecule has 0 bridgehead atoms. The summed E-state index contributed by atoms with van der Waals surface area (Å²) in [6.45, 7) is 6.73. The molecule has 0 radical (unpaired) electrons. The molecule has 4 heteroatoms. The molecule has 1 aromatic rings. The molecule has 74 valence electrons. The Morgan fingerprint density at radius 3 is 3.00 bits per heavy atom. The number of nitrogens with one attached hydrogen (secondary N) is 1. The largest absolute Gasteiger partial charge is 0.370 e. The molecule has 1 aromatic heterocycles. The van der Waals surface area contributed by atoms with Crippen molar-refractivity contribution in [2.75, 3.05) is 13.1 Å². The van der Waals surface area contributed by atoms with Crippen LogP contribution in [0.4, 0.5) is 0 Å². The number of halogens is 1. The summed E-state index contributed by atoms with van der Waals surface area (Å²) < 4.78 is 0. The Morgan fingerprint density at radius 1 is 1.57 bits per heavy atom. The molecule has 0 spiro atoms. The van der Waals surface area contributed by atoms with Gasteiger partial charge < -0.3 is 10.2 Å². The number of aromatic nitrogens is 1. The highest BCUT2D eigenvalue weighted by Gasteiger charge is 2.13. The van der Waals surface area contributed by atoms with Gasteiger partial charge in [0.15, 0.2) is 0 Å². The third kappa shape index (κ3) is 1.99. The van der Waals surface area contributed by atoms with Crippen LogP contribution < -0.4 is 5.32 Å². The molecule has 1 N–H and O–H groups in total. The van der Waals surface area contributed by atoms with Gasteiger partial charge in [0, 0.05) is 25.8 Å². The van der Waals surface area contributed by atoms with E-state index < -0.39 is 0 Å². The normalized spacial score (nSPS) is 15.8. The lowest BCUT2D eigenvalue weighted by atomic mass is 10.3. The van der Waals surface area contributed by atoms with Gasteiger partial charge in [0.05, 0.1) is 5.82 Å². The lowest BCUT2D eigenvalue weighted by molar-refractivity contribution is 0.389. The number of pyridine rings is 1. The van der Waals surface area contributed by atoms with Crippen LogP contribution in [0.3, 0.4) is 0 Å². The molecule has 1 fully saturated rings. The second-order valence-electron chi connectivity index (χ2n) is 3.28. The maximum absolute atomic E-state index is 5.70. The maximum Gasteiger partial charge on any atom is 0.129 e. The minimum atomic E-state index is 0.534. The van der Waals surface area contributed by atoms with E-state index in [1.165, 1.54) is 0 Å². The predicted molar refractivity (Wildman–Crippen MR) is 56.8 cm³/mol. The van der Waals surface area contributed by atoms with Gasteiger partial charge in [-0.3, -0.25) is 0 Å². The summed E-state index contributed by atoms with van der Waals surface area (Å²) in [6, 6.07) is 3.80. The van der Waals surface area contributed by atoms with Gasteiger partial charge in [-0.25, -0.2) is 4.98 Å². The monoisotopic (exact) mass is 209 g/mol. The van der Waals surface area contributed by atoms with E-state index in [1.807, 2.05) is 12.1 Å². The number of hydrogen-bond donors (Lipinski definition) is 1. The Morgan fingerprint density at radius 2 is 2.43 bits per heavy atom. The zero-order valence-corrected chi connectivity index (χ0v) is 8.59. The fourth-order valence-electron chi connectivity index (χ4n) is 1.48. The van der Waals surface area contributed by atoms with Gasteiger partial charge in [0.2, 0.25) is 0 Å². The quantitative estimate of drug-likeness (QED) is 0.751. The van der Waals surface area contributed by atoms with E-state index in [0.717, 1.165) is 31.0 Å². The van der Waals surface area contributed by atoms with Gasteiger partial charge in [-0.05, 0) is 11.6 Å². The van der Waals surface area contributed by atoms with Crippen molar-refractivity contribution in [3.63, 3.8) is 0 Å². The molecule has 3 nitrogen and oxygen atoms in total. The second kappa shape index (κ2) is 3.88. The highest BCUT2D eigenvalue weighted by atomic mass is 35.5. The molecular formula is C10H12ClN3. The summed E-state index contributed by atoms with van der Waals surface area (Å²) in [4.78, 5) is 6.22. The topological polar surface area (TPSA) is 28.2 Å². The smallest absolute Gasteiger partial charge is 0.129 e. The van der Waals surface area contributed by atoms with Crippen molar-refractivity contribution in [1.29, 1.82) is 0 Å². The van der Waals surface area contributed by atoms with E-state index in [1.54, 1.807) is 6.20 Å². The zero-order valence-electron chi connectivity index (χ0n) is 7.83. The summed E-state index contributed by atoms with van der Waals surface area (Å²) in [6.07, 6.45) is 1.80. The van der Waals surface area contributed by atoms with Crippen molar-refractivity contribution in [3.8, 4) is 0 Å². The van der Waals surface area contributed by atoms with Gasteiger partial charge in [-0.15, -0.1) is 0 Å². The third-order valence-electron chi connectivity index (χ3n) is 2.25. The van der Waals surface area contributed by atoms with Crippen molar-refractivity contribution < 1.29 is 0 Å². The fourth-order valence-corrected chi connectivity index (χ4v) is 1.59. The molecule has 0 aliphatic carbocycles. The van der Waals surface area contributed by atoms with Gasteiger partial charge in [-0.1, -0.05) is 24.2 Å². The average Bonchev–Trinajstić information content (AvgIpc) is 2.56. The molecule has 2 heterocycles. The molecular weight excluding hydrogens is 198 g/mol. The summed E-state index contributed by atoms with van der Waals surface area (Å²) in [5.41, 5.74) is 1.15. The maximum atomic E-state index is 5.70. The standard InChI is InChI=1S/C10H12ClN3/c1-8-12-4-5-14(8)7-9-2-3-10(11)13-6-9/h2-3,6,12H,1,4-5,7H2. The molecule has 14 heavy (non-hydrogen) atoms. The summed E-state index contributed by atoms with van der Waals surface area (Å²) in [5.74, 6) is 0.986. The van der Waals surface area contributed by atoms with Crippen LogP contribution in [0.2, 0.25) is 5.15 Å². The van der Waals surface area contributed by atoms with E-state index >= 15 is 0 Å². The third-order valence-corrected chi connectivity index (χ3v) is 2.48. The first-order valence-electron chi connectivity index (χ1n) is 4.54. The van der Waals surface area contributed by atoms with Crippen molar-refractivity contribution in [3.05, 3.63) is 41.4 Å². The first-order chi connectivity index (χ1) is 6.75. The van der Waals surface area contributed by atoms with Crippen LogP contribution in [0.15, 0.2) is 30.7 Å². The van der Waals surface area contributed by atoms with Crippen LogP contribution in [0.1, 0.15) is 5.56 Å². The second-order valence-corrected chi connectivity index (χ2v) is 3.67. The van der Waals surface area contributed by atoms with Crippen LogP contribution >= 0.6 is 11.6 Å². The van der Waals surface area contributed by atoms with E-state index in [0.29, 0.717) is 5.15 Å². The number of nitrogens with zero attached hydrogens (tertiary/aromatic N) is 2. The lowest BCUT2D eigenvalue weighted by Crippen LogP contribution is -2.18. The van der Waals surface area contributed by atoms with Gasteiger partial charge >= 0.3 is 0 Å². The van der Waals surface area contributed by atoms with Crippen molar-refractivity contribution in [2.24, 2.45) is 0 Å². The van der Waals surface area contributed by atoms with Gasteiger partial charge in [0.25, 0.3) is 0 Å². The van der Waals surface area contributed by atoms with Crippen LogP contribution in [0.25, 0.3) is 0 Å². The Hall–Kier alpha value is -1.22. The Kier molecular flexibility index (Phi) is 2.59. The lowest BCUT2D eigenvalue weighted by Gasteiger charge is -2.17. The minimum absolute atomic E-state index is 0.534. The van der Waals surface area contributed by atoms with Crippen LogP contribution in [-0.4, -0.2) is 23.0 Å². The van der Waals surface area contributed by atoms with Crippen molar-refractivity contribution >= 4 is 11.6 Å². The highest BCUT2D eigenvalue weighted by molar-refractivity contribution is 6.29. The van der Waals surface area contributed by atoms with E-state index in [4.69, 9.17) is 11.6 Å². The Balaban J connectivity index is 2.03. The molecule has 1 aliphatic heterocycles.